The van der Waals surface area contributed by atoms with Crippen LogP contribution in [-0.4, -0.2) is 44.5 Å². The Bertz CT molecular complexity index is 894. The van der Waals surface area contributed by atoms with Crippen LogP contribution in [0.4, 0.5) is 13.2 Å². The normalized spacial score (nSPS) is 13.0. The van der Waals surface area contributed by atoms with E-state index in [1.54, 1.807) is 40.2 Å². The molecule has 1 amide bonds. The molecule has 0 radical (unpaired) electrons. The molecule has 2 rings (SSSR count). The lowest BCUT2D eigenvalue weighted by atomic mass is 10.1. The number of nitrogens with one attached hydrogen (secondary N) is 2. The molecule has 2 aromatic rings. The van der Waals surface area contributed by atoms with Crippen LogP contribution in [-0.2, 0) is 12.6 Å². The van der Waals surface area contributed by atoms with Gasteiger partial charge in [0.1, 0.15) is 0 Å². The summed E-state index contributed by atoms with van der Waals surface area (Å²) in [6, 6.07) is 12.3. The van der Waals surface area contributed by atoms with Crippen molar-refractivity contribution in [2.45, 2.75) is 25.6 Å². The first-order valence-electron chi connectivity index (χ1n) is 9.56. The van der Waals surface area contributed by atoms with Gasteiger partial charge in [-0.05, 0) is 48.7 Å². The minimum Gasteiger partial charge on any atom is -0.356 e. The quantitative estimate of drug-likeness (QED) is 0.551. The highest BCUT2D eigenvalue weighted by Gasteiger charge is 2.30. The van der Waals surface area contributed by atoms with E-state index in [4.69, 9.17) is 0 Å². The number of hydrogen-bond donors (Lipinski definition) is 2. The molecule has 0 heterocycles. The largest absolute Gasteiger partial charge is 0.416 e. The molecule has 0 spiro atoms. The predicted molar refractivity (Wildman–Crippen MR) is 113 cm³/mol. The van der Waals surface area contributed by atoms with Crippen molar-refractivity contribution in [1.29, 1.82) is 0 Å². The first kappa shape index (κ1) is 23.3. The summed E-state index contributed by atoms with van der Waals surface area (Å²) in [6.07, 6.45) is -3.72. The predicted octanol–water partition coefficient (Wildman–Crippen LogP) is 3.88. The van der Waals surface area contributed by atoms with E-state index in [0.717, 1.165) is 17.7 Å². The van der Waals surface area contributed by atoms with Gasteiger partial charge in [0.05, 0.1) is 11.6 Å². The van der Waals surface area contributed by atoms with Gasteiger partial charge >= 0.3 is 6.18 Å². The molecule has 2 aromatic carbocycles. The van der Waals surface area contributed by atoms with Crippen LogP contribution in [0.25, 0.3) is 0 Å². The summed E-state index contributed by atoms with van der Waals surface area (Å²) in [5.41, 5.74) is 1.46. The van der Waals surface area contributed by atoms with Gasteiger partial charge in [-0.3, -0.25) is 9.79 Å². The van der Waals surface area contributed by atoms with Crippen LogP contribution in [0.3, 0.4) is 0 Å². The van der Waals surface area contributed by atoms with Gasteiger partial charge in [-0.2, -0.15) is 13.2 Å². The zero-order valence-electron chi connectivity index (χ0n) is 17.5. The molecular formula is C22H27F3N4O. The monoisotopic (exact) mass is 420 g/mol. The Morgan fingerprint density at radius 1 is 1.13 bits per heavy atom. The van der Waals surface area contributed by atoms with Crippen molar-refractivity contribution in [3.8, 4) is 0 Å². The first-order chi connectivity index (χ1) is 14.1. The highest BCUT2D eigenvalue weighted by Crippen LogP contribution is 2.30. The van der Waals surface area contributed by atoms with Crippen LogP contribution in [0.5, 0.6) is 0 Å². The molecule has 0 fully saturated rings. The molecule has 1 atom stereocenters. The maximum atomic E-state index is 12.9. The standard InChI is InChI=1S/C22H27F3N4O/c1-15(17-8-6-10-19(14-17)22(23,24)25)28-21(26-2)27-12-11-16-7-5-9-18(13-16)20(30)29(3)4/h5-10,13-15H,11-12H2,1-4H3,(H2,26,27,28). The lowest BCUT2D eigenvalue weighted by Crippen LogP contribution is -2.39. The molecule has 0 saturated carbocycles. The van der Waals surface area contributed by atoms with Crippen LogP contribution < -0.4 is 10.6 Å². The zero-order valence-corrected chi connectivity index (χ0v) is 17.5. The number of aliphatic imine (C=N–C) groups is 1. The van der Waals surface area contributed by atoms with Crippen molar-refractivity contribution in [2.24, 2.45) is 4.99 Å². The fraction of sp³-hybridized carbons (Fsp3) is 0.364. The van der Waals surface area contributed by atoms with Gasteiger partial charge in [0.15, 0.2) is 5.96 Å². The van der Waals surface area contributed by atoms with Crippen molar-refractivity contribution in [2.75, 3.05) is 27.7 Å². The summed E-state index contributed by atoms with van der Waals surface area (Å²) >= 11 is 0. The number of guanidine groups is 1. The van der Waals surface area contributed by atoms with E-state index in [2.05, 4.69) is 15.6 Å². The highest BCUT2D eigenvalue weighted by atomic mass is 19.4. The third kappa shape index (κ3) is 6.50. The van der Waals surface area contributed by atoms with E-state index < -0.39 is 11.7 Å². The number of alkyl halides is 3. The summed E-state index contributed by atoms with van der Waals surface area (Å²) in [5, 5.41) is 6.26. The smallest absolute Gasteiger partial charge is 0.356 e. The van der Waals surface area contributed by atoms with E-state index >= 15 is 0 Å². The summed E-state index contributed by atoms with van der Waals surface area (Å²) in [7, 11) is 5.01. The highest BCUT2D eigenvalue weighted by molar-refractivity contribution is 5.94. The molecule has 0 aliphatic carbocycles. The third-order valence-electron chi connectivity index (χ3n) is 4.58. The molecule has 1 unspecified atom stereocenters. The van der Waals surface area contributed by atoms with Gasteiger partial charge in [-0.15, -0.1) is 0 Å². The number of amides is 1. The number of nitrogens with zero attached hydrogens (tertiary/aromatic N) is 2. The molecule has 8 heteroatoms. The van der Waals surface area contributed by atoms with Crippen LogP contribution in [0, 0.1) is 0 Å². The maximum Gasteiger partial charge on any atom is 0.416 e. The SMILES string of the molecule is CN=C(NCCc1cccc(C(=O)N(C)C)c1)NC(C)c1cccc(C(F)(F)F)c1. The molecule has 2 N–H and O–H groups in total. The van der Waals surface area contributed by atoms with E-state index in [1.165, 1.54) is 11.0 Å². The van der Waals surface area contributed by atoms with Crippen LogP contribution in [0.15, 0.2) is 53.5 Å². The van der Waals surface area contributed by atoms with Crippen molar-refractivity contribution in [3.63, 3.8) is 0 Å². The van der Waals surface area contributed by atoms with Gasteiger partial charge in [0.25, 0.3) is 5.91 Å². The Hall–Kier alpha value is -3.03. The molecule has 0 bridgehead atoms. The number of halogens is 3. The molecule has 0 aliphatic heterocycles. The lowest BCUT2D eigenvalue weighted by Gasteiger charge is -2.19. The number of benzene rings is 2. The molecular weight excluding hydrogens is 393 g/mol. The molecule has 0 aliphatic rings. The van der Waals surface area contributed by atoms with Crippen LogP contribution in [0.1, 0.15) is 40.0 Å². The van der Waals surface area contributed by atoms with Crippen LogP contribution in [0.2, 0.25) is 0 Å². The Balaban J connectivity index is 1.94. The number of rotatable bonds is 6. The molecule has 30 heavy (non-hydrogen) atoms. The third-order valence-corrected chi connectivity index (χ3v) is 4.58. The Kier molecular flexibility index (Phi) is 7.86. The Morgan fingerprint density at radius 2 is 1.83 bits per heavy atom. The van der Waals surface area contributed by atoms with Crippen molar-refractivity contribution < 1.29 is 18.0 Å². The fourth-order valence-corrected chi connectivity index (χ4v) is 2.91. The second-order valence-corrected chi connectivity index (χ2v) is 7.14. The van der Waals surface area contributed by atoms with Gasteiger partial charge in [-0.1, -0.05) is 24.3 Å². The molecule has 5 nitrogen and oxygen atoms in total. The Labute approximate surface area is 175 Å². The van der Waals surface area contributed by atoms with Crippen LogP contribution >= 0.6 is 0 Å². The lowest BCUT2D eigenvalue weighted by molar-refractivity contribution is -0.137. The van der Waals surface area contributed by atoms with Crippen molar-refractivity contribution >= 4 is 11.9 Å². The van der Waals surface area contributed by atoms with E-state index in [0.29, 0.717) is 30.1 Å². The number of carbonyl (C=O) groups is 1. The number of carbonyl (C=O) groups excluding carboxylic acids is 1. The van der Waals surface area contributed by atoms with Crippen molar-refractivity contribution in [3.05, 3.63) is 70.8 Å². The van der Waals surface area contributed by atoms with Crippen molar-refractivity contribution in [1.82, 2.24) is 15.5 Å². The number of hydrogen-bond acceptors (Lipinski definition) is 2. The maximum absolute atomic E-state index is 12.9. The molecule has 0 aromatic heterocycles. The summed E-state index contributed by atoms with van der Waals surface area (Å²) in [6.45, 7) is 2.33. The minimum atomic E-state index is -4.38. The summed E-state index contributed by atoms with van der Waals surface area (Å²) < 4.78 is 38.8. The zero-order chi connectivity index (χ0) is 22.3. The van der Waals surface area contributed by atoms with E-state index in [-0.39, 0.29) is 11.9 Å². The summed E-state index contributed by atoms with van der Waals surface area (Å²) in [4.78, 5) is 17.7. The van der Waals surface area contributed by atoms with Gasteiger partial charge < -0.3 is 15.5 Å². The fourth-order valence-electron chi connectivity index (χ4n) is 2.91. The van der Waals surface area contributed by atoms with Gasteiger partial charge in [-0.25, -0.2) is 0 Å². The van der Waals surface area contributed by atoms with Gasteiger partial charge in [0, 0.05) is 33.3 Å². The molecule has 162 valence electrons. The topological polar surface area (TPSA) is 56.7 Å². The van der Waals surface area contributed by atoms with Gasteiger partial charge in [0.2, 0.25) is 0 Å². The summed E-state index contributed by atoms with van der Waals surface area (Å²) in [5.74, 6) is 0.428. The average Bonchev–Trinajstić information content (AvgIpc) is 2.72. The van der Waals surface area contributed by atoms with E-state index in [9.17, 15) is 18.0 Å². The second kappa shape index (κ2) is 10.1. The first-order valence-corrected chi connectivity index (χ1v) is 9.56. The Morgan fingerprint density at radius 3 is 2.47 bits per heavy atom. The van der Waals surface area contributed by atoms with E-state index in [1.807, 2.05) is 18.2 Å². The minimum absolute atomic E-state index is 0.0582. The average molecular weight is 420 g/mol. The molecule has 0 saturated heterocycles. The second-order valence-electron chi connectivity index (χ2n) is 7.14.